The van der Waals surface area contributed by atoms with Gasteiger partial charge in [-0.3, -0.25) is 9.78 Å². The largest absolute Gasteiger partial charge is 0.497 e. The first-order valence-corrected chi connectivity index (χ1v) is 10.6. The molecule has 2 heterocycles. The molecule has 156 valence electrons. The monoisotopic (exact) mass is 400 g/mol. The molecule has 0 unspecified atom stereocenters. The maximum Gasteiger partial charge on any atom is 0.308 e. The number of nitrogens with zero attached hydrogens (tertiary/aromatic N) is 2. The first-order chi connectivity index (χ1) is 14.0. The van der Waals surface area contributed by atoms with Crippen LogP contribution in [0.1, 0.15) is 43.8 Å². The number of alkyl halides is 1. The lowest BCUT2D eigenvalue weighted by Gasteiger charge is -2.37. The highest BCUT2D eigenvalue weighted by atomic mass is 19.1. The van der Waals surface area contributed by atoms with E-state index in [1.807, 2.05) is 18.2 Å². The van der Waals surface area contributed by atoms with Gasteiger partial charge in [-0.15, -0.1) is 0 Å². The second kappa shape index (κ2) is 8.66. The molecule has 0 spiro atoms. The van der Waals surface area contributed by atoms with Crippen molar-refractivity contribution in [3.05, 3.63) is 36.0 Å². The summed E-state index contributed by atoms with van der Waals surface area (Å²) in [7, 11) is 1.59. The van der Waals surface area contributed by atoms with Gasteiger partial charge < -0.3 is 14.7 Å². The van der Waals surface area contributed by atoms with Gasteiger partial charge in [0.25, 0.3) is 0 Å². The minimum Gasteiger partial charge on any atom is -0.497 e. The third-order valence-electron chi connectivity index (χ3n) is 6.48. The summed E-state index contributed by atoms with van der Waals surface area (Å²) in [4.78, 5) is 18.4. The number of rotatable bonds is 8. The molecule has 2 aliphatic rings. The summed E-state index contributed by atoms with van der Waals surface area (Å²) < 4.78 is 20.5. The van der Waals surface area contributed by atoms with E-state index in [9.17, 15) is 9.90 Å². The van der Waals surface area contributed by atoms with Gasteiger partial charge in [0.2, 0.25) is 0 Å². The first kappa shape index (κ1) is 20.1. The van der Waals surface area contributed by atoms with Crippen LogP contribution in [0.2, 0.25) is 0 Å². The Kier molecular flexibility index (Phi) is 5.99. The van der Waals surface area contributed by atoms with E-state index < -0.39 is 18.1 Å². The molecule has 1 aromatic carbocycles. The molecule has 5 nitrogen and oxygen atoms in total. The molecule has 0 amide bonds. The number of likely N-dealkylation sites (tertiary alicyclic amines) is 1. The number of ether oxygens (including phenoxy) is 1. The molecule has 3 atom stereocenters. The average Bonchev–Trinajstić information content (AvgIpc) is 3.55. The van der Waals surface area contributed by atoms with E-state index in [1.165, 1.54) is 12.8 Å². The van der Waals surface area contributed by atoms with Crippen LogP contribution in [0.25, 0.3) is 10.9 Å². The number of halogens is 1. The zero-order valence-electron chi connectivity index (χ0n) is 16.9. The molecule has 0 bridgehead atoms. The number of aromatic nitrogens is 1. The highest BCUT2D eigenvalue weighted by Crippen LogP contribution is 2.37. The second-order valence-electron chi connectivity index (χ2n) is 8.52. The Morgan fingerprint density at radius 1 is 1.34 bits per heavy atom. The number of carboxylic acid groups (broad SMARTS) is 1. The molecule has 2 aromatic rings. The summed E-state index contributed by atoms with van der Waals surface area (Å²) in [5, 5.41) is 10.5. The number of hydrogen-bond acceptors (Lipinski definition) is 4. The topological polar surface area (TPSA) is 62.7 Å². The molecule has 6 heteroatoms. The zero-order chi connectivity index (χ0) is 20.4. The fourth-order valence-corrected chi connectivity index (χ4v) is 4.59. The summed E-state index contributed by atoms with van der Waals surface area (Å²) in [6.45, 7) is 2.55. The minimum atomic E-state index is -1.15. The van der Waals surface area contributed by atoms with Crippen LogP contribution < -0.4 is 4.74 Å². The van der Waals surface area contributed by atoms with Gasteiger partial charge >= 0.3 is 5.97 Å². The lowest BCUT2D eigenvalue weighted by atomic mass is 9.81. The van der Waals surface area contributed by atoms with Crippen LogP contribution in [0, 0.1) is 17.8 Å². The highest BCUT2D eigenvalue weighted by Gasteiger charge is 2.36. The summed E-state index contributed by atoms with van der Waals surface area (Å²) >= 11 is 0. The van der Waals surface area contributed by atoms with Gasteiger partial charge in [-0.1, -0.05) is 0 Å². The van der Waals surface area contributed by atoms with Gasteiger partial charge in [0.15, 0.2) is 0 Å². The number of pyridine rings is 1. The Bertz CT molecular complexity index is 870. The van der Waals surface area contributed by atoms with Crippen LogP contribution in [0.4, 0.5) is 4.39 Å². The Hall–Kier alpha value is -2.21. The number of methoxy groups -OCH3 is 1. The lowest BCUT2D eigenvalue weighted by molar-refractivity contribution is -0.146. The third kappa shape index (κ3) is 4.69. The second-order valence-corrected chi connectivity index (χ2v) is 8.52. The van der Waals surface area contributed by atoms with Crippen molar-refractivity contribution in [1.29, 1.82) is 0 Å². The normalized spacial score (nSPS) is 23.8. The number of carbonyl (C=O) groups is 1. The van der Waals surface area contributed by atoms with Crippen LogP contribution in [-0.2, 0) is 4.79 Å². The van der Waals surface area contributed by atoms with Gasteiger partial charge in [-0.05, 0) is 80.3 Å². The molecule has 0 radical (unpaired) electrons. The van der Waals surface area contributed by atoms with Gasteiger partial charge in [-0.2, -0.15) is 0 Å². The van der Waals surface area contributed by atoms with Crippen LogP contribution in [0.5, 0.6) is 5.75 Å². The summed E-state index contributed by atoms with van der Waals surface area (Å²) in [6, 6.07) is 7.19. The molecule has 1 saturated heterocycles. The van der Waals surface area contributed by atoms with Crippen molar-refractivity contribution in [2.75, 3.05) is 26.7 Å². The molecule has 4 rings (SSSR count). The standard InChI is InChI=1S/C23H29FN2O3/c1-29-17-5-7-22-19(12-17)18(8-10-25-22)21(24)6-4-16-9-11-26(13-15-2-3-15)14-20(16)23(27)28/h5,7-8,10,12,15-16,20-21H,2-4,6,9,11,13-14H2,1H3,(H,27,28)/t16-,20+,21+/m1/s1. The Morgan fingerprint density at radius 3 is 2.90 bits per heavy atom. The van der Waals surface area contributed by atoms with E-state index in [2.05, 4.69) is 9.88 Å². The third-order valence-corrected chi connectivity index (χ3v) is 6.48. The van der Waals surface area contributed by atoms with Crippen LogP contribution in [-0.4, -0.2) is 47.7 Å². The Morgan fingerprint density at radius 2 is 2.17 bits per heavy atom. The van der Waals surface area contributed by atoms with Crippen molar-refractivity contribution in [2.24, 2.45) is 17.8 Å². The molecule has 1 aromatic heterocycles. The zero-order valence-corrected chi connectivity index (χ0v) is 16.9. The highest BCUT2D eigenvalue weighted by molar-refractivity contribution is 5.83. The molecular formula is C23H29FN2O3. The van der Waals surface area contributed by atoms with Crippen LogP contribution in [0.3, 0.4) is 0 Å². The summed E-state index contributed by atoms with van der Waals surface area (Å²) in [5.74, 6) is 0.318. The van der Waals surface area contributed by atoms with Crippen LogP contribution in [0.15, 0.2) is 30.5 Å². The van der Waals surface area contributed by atoms with Gasteiger partial charge in [-0.25, -0.2) is 4.39 Å². The van der Waals surface area contributed by atoms with Crippen molar-refractivity contribution >= 4 is 16.9 Å². The van der Waals surface area contributed by atoms with Gasteiger partial charge in [0.05, 0.1) is 18.5 Å². The molecule has 1 N–H and O–H groups in total. The van der Waals surface area contributed by atoms with Crippen molar-refractivity contribution in [1.82, 2.24) is 9.88 Å². The maximum atomic E-state index is 15.2. The number of fused-ring (bicyclic) bond motifs is 1. The van der Waals surface area contributed by atoms with E-state index >= 15 is 4.39 Å². The van der Waals surface area contributed by atoms with E-state index in [0.29, 0.717) is 30.7 Å². The Balaban J connectivity index is 1.42. The van der Waals surface area contributed by atoms with Crippen molar-refractivity contribution in [3.63, 3.8) is 0 Å². The number of aliphatic carboxylic acids is 1. The van der Waals surface area contributed by atoms with E-state index in [4.69, 9.17) is 4.74 Å². The molecule has 29 heavy (non-hydrogen) atoms. The molecule has 1 saturated carbocycles. The first-order valence-electron chi connectivity index (χ1n) is 10.6. The van der Waals surface area contributed by atoms with Crippen molar-refractivity contribution < 1.29 is 19.0 Å². The average molecular weight is 400 g/mol. The maximum absolute atomic E-state index is 15.2. The molecular weight excluding hydrogens is 371 g/mol. The lowest BCUT2D eigenvalue weighted by Crippen LogP contribution is -2.44. The van der Waals surface area contributed by atoms with Crippen molar-refractivity contribution in [3.8, 4) is 5.75 Å². The minimum absolute atomic E-state index is 0.0313. The number of benzene rings is 1. The number of piperidine rings is 1. The Labute approximate surface area is 170 Å². The predicted octanol–water partition coefficient (Wildman–Crippen LogP) is 4.47. The summed E-state index contributed by atoms with van der Waals surface area (Å²) in [5.41, 5.74) is 1.34. The molecule has 1 aliphatic heterocycles. The van der Waals surface area contributed by atoms with E-state index in [1.54, 1.807) is 19.4 Å². The van der Waals surface area contributed by atoms with Crippen LogP contribution >= 0.6 is 0 Å². The van der Waals surface area contributed by atoms with E-state index in [0.717, 1.165) is 36.3 Å². The molecule has 2 fully saturated rings. The smallest absolute Gasteiger partial charge is 0.308 e. The SMILES string of the molecule is COc1ccc2nccc([C@@H](F)CC[C@@H]3CCN(CC4CC4)C[C@@H]3C(=O)O)c2c1. The van der Waals surface area contributed by atoms with Crippen molar-refractivity contribution in [2.45, 2.75) is 38.3 Å². The fraction of sp³-hybridized carbons (Fsp3) is 0.565. The number of carboxylic acids is 1. The van der Waals surface area contributed by atoms with E-state index in [-0.39, 0.29) is 5.92 Å². The molecule has 1 aliphatic carbocycles. The quantitative estimate of drug-likeness (QED) is 0.708. The van der Waals surface area contributed by atoms with Gasteiger partial charge in [0.1, 0.15) is 11.9 Å². The fourth-order valence-electron chi connectivity index (χ4n) is 4.59. The van der Waals surface area contributed by atoms with Gasteiger partial charge in [0, 0.05) is 24.7 Å². The summed E-state index contributed by atoms with van der Waals surface area (Å²) in [6.07, 6.45) is 4.77. The predicted molar refractivity (Wildman–Crippen MR) is 110 cm³/mol. The number of hydrogen-bond donors (Lipinski definition) is 1.